The minimum Gasteiger partial charge on any atom is -0.357 e. The first-order chi connectivity index (χ1) is 13.7. The Hall–Kier alpha value is -2.83. The number of piperidine rings is 1. The molecular formula is C21H29N5O2. The van der Waals surface area contributed by atoms with Gasteiger partial charge in [-0.05, 0) is 37.3 Å². The van der Waals surface area contributed by atoms with Crippen LogP contribution in [0.4, 0.5) is 0 Å². The van der Waals surface area contributed by atoms with E-state index in [9.17, 15) is 9.59 Å². The fourth-order valence-electron chi connectivity index (χ4n) is 3.44. The van der Waals surface area contributed by atoms with Gasteiger partial charge in [0.05, 0.1) is 0 Å². The number of para-hydroxylation sites is 1. The number of likely N-dealkylation sites (tertiary alicyclic amines) is 1. The van der Waals surface area contributed by atoms with Gasteiger partial charge < -0.3 is 15.2 Å². The average Bonchev–Trinajstić information content (AvgIpc) is 3.10. The summed E-state index contributed by atoms with van der Waals surface area (Å²) in [6.07, 6.45) is 4.65. The van der Waals surface area contributed by atoms with Crippen LogP contribution in [-0.2, 0) is 16.1 Å². The highest BCUT2D eigenvalue weighted by molar-refractivity contribution is 5.97. The van der Waals surface area contributed by atoms with E-state index >= 15 is 0 Å². The molecule has 2 N–H and O–H groups in total. The van der Waals surface area contributed by atoms with Crippen LogP contribution in [0, 0.1) is 0 Å². The summed E-state index contributed by atoms with van der Waals surface area (Å²) in [5.41, 5.74) is 1.24. The number of carbonyl (C=O) groups excluding carboxylic acids is 2. The van der Waals surface area contributed by atoms with E-state index in [1.807, 2.05) is 6.92 Å². The second kappa shape index (κ2) is 9.92. The Labute approximate surface area is 165 Å². The van der Waals surface area contributed by atoms with E-state index in [0.29, 0.717) is 38.9 Å². The molecule has 0 saturated carbocycles. The van der Waals surface area contributed by atoms with Gasteiger partial charge in [0, 0.05) is 57.3 Å². The number of nitrogens with zero attached hydrogens (tertiary/aromatic N) is 3. The van der Waals surface area contributed by atoms with Crippen molar-refractivity contribution in [2.24, 2.45) is 4.99 Å². The number of rotatable bonds is 8. The van der Waals surface area contributed by atoms with Crippen LogP contribution in [0.1, 0.15) is 32.6 Å². The smallest absolute Gasteiger partial charge is 0.229 e. The topological polar surface area (TPSA) is 78.7 Å². The van der Waals surface area contributed by atoms with Crippen LogP contribution in [0.25, 0.3) is 10.9 Å². The number of fused-ring (bicyclic) bond motifs is 1. The number of guanidine groups is 1. The molecular weight excluding hydrogens is 354 g/mol. The predicted molar refractivity (Wildman–Crippen MR) is 111 cm³/mol. The first kappa shape index (κ1) is 19.9. The Kier molecular flexibility index (Phi) is 7.06. The van der Waals surface area contributed by atoms with E-state index in [-0.39, 0.29) is 11.8 Å². The molecule has 3 rings (SSSR count). The summed E-state index contributed by atoms with van der Waals surface area (Å²) in [5, 5.41) is 7.68. The summed E-state index contributed by atoms with van der Waals surface area (Å²) >= 11 is 0. The molecule has 0 unspecified atom stereocenters. The van der Waals surface area contributed by atoms with Gasteiger partial charge >= 0.3 is 0 Å². The molecule has 0 radical (unpaired) electrons. The molecule has 0 bridgehead atoms. The molecule has 1 saturated heterocycles. The van der Waals surface area contributed by atoms with Crippen molar-refractivity contribution in [2.75, 3.05) is 26.2 Å². The van der Waals surface area contributed by atoms with Crippen molar-refractivity contribution in [3.05, 3.63) is 36.5 Å². The van der Waals surface area contributed by atoms with Gasteiger partial charge in [-0.1, -0.05) is 18.2 Å². The summed E-state index contributed by atoms with van der Waals surface area (Å²) in [6.45, 7) is 5.27. The minimum atomic E-state index is -0.0704. The first-order valence-corrected chi connectivity index (χ1v) is 10.1. The number of nitrogens with one attached hydrogen (secondary N) is 2. The van der Waals surface area contributed by atoms with Crippen LogP contribution in [0.15, 0.2) is 41.5 Å². The number of aryl methyl sites for hydroxylation is 1. The van der Waals surface area contributed by atoms with Crippen LogP contribution in [0.5, 0.6) is 0 Å². The van der Waals surface area contributed by atoms with E-state index in [0.717, 1.165) is 25.5 Å². The molecule has 2 amide bonds. The highest BCUT2D eigenvalue weighted by Gasteiger charge is 2.25. The fourth-order valence-corrected chi connectivity index (χ4v) is 3.44. The molecule has 0 atom stereocenters. The standard InChI is InChI=1S/C21H29N5O2/c1-2-22-21(24-13-16-26-19(27)9-5-10-20(26)28)23-12-6-14-25-15-11-17-7-3-4-8-18(17)25/h3-4,7-8,11,15H,2,5-6,9-10,12-14,16H2,1H3,(H2,22,23,24). The maximum atomic E-state index is 11.9. The molecule has 7 heteroatoms. The van der Waals surface area contributed by atoms with Gasteiger partial charge in [-0.2, -0.15) is 0 Å². The zero-order chi connectivity index (χ0) is 19.8. The molecule has 0 spiro atoms. The Balaban J connectivity index is 1.45. The third-order valence-corrected chi connectivity index (χ3v) is 4.86. The highest BCUT2D eigenvalue weighted by Crippen LogP contribution is 2.15. The molecule has 7 nitrogen and oxygen atoms in total. The third kappa shape index (κ3) is 5.12. The van der Waals surface area contributed by atoms with Crippen LogP contribution in [-0.4, -0.2) is 53.4 Å². The van der Waals surface area contributed by atoms with E-state index in [1.54, 1.807) is 0 Å². The number of imide groups is 1. The monoisotopic (exact) mass is 383 g/mol. The Bertz CT molecular complexity index is 826. The van der Waals surface area contributed by atoms with Gasteiger partial charge in [0.2, 0.25) is 11.8 Å². The van der Waals surface area contributed by atoms with Crippen molar-refractivity contribution in [1.29, 1.82) is 0 Å². The lowest BCUT2D eigenvalue weighted by Crippen LogP contribution is -2.46. The van der Waals surface area contributed by atoms with Crippen LogP contribution in [0.2, 0.25) is 0 Å². The highest BCUT2D eigenvalue weighted by atomic mass is 16.2. The normalized spacial score (nSPS) is 15.3. The molecule has 1 fully saturated rings. The molecule has 2 aromatic rings. The molecule has 2 heterocycles. The van der Waals surface area contributed by atoms with Crippen LogP contribution >= 0.6 is 0 Å². The summed E-state index contributed by atoms with van der Waals surface area (Å²) in [5.74, 6) is 0.578. The van der Waals surface area contributed by atoms with E-state index in [1.165, 1.54) is 15.8 Å². The van der Waals surface area contributed by atoms with Gasteiger partial charge in [-0.15, -0.1) is 0 Å². The van der Waals surface area contributed by atoms with Crippen LogP contribution < -0.4 is 10.6 Å². The number of hydrogen-bond donors (Lipinski definition) is 2. The van der Waals surface area contributed by atoms with Gasteiger partial charge in [-0.3, -0.25) is 19.5 Å². The lowest BCUT2D eigenvalue weighted by molar-refractivity contribution is -0.147. The van der Waals surface area contributed by atoms with Crippen molar-refractivity contribution >= 4 is 28.7 Å². The maximum Gasteiger partial charge on any atom is 0.229 e. The van der Waals surface area contributed by atoms with Crippen molar-refractivity contribution in [3.63, 3.8) is 0 Å². The number of benzene rings is 1. The number of carbonyl (C=O) groups is 2. The van der Waals surface area contributed by atoms with Gasteiger partial charge in [0.25, 0.3) is 0 Å². The zero-order valence-corrected chi connectivity index (χ0v) is 16.5. The number of hydrogen-bond acceptors (Lipinski definition) is 3. The molecule has 1 aliphatic rings. The molecule has 1 aromatic heterocycles. The van der Waals surface area contributed by atoms with E-state index in [4.69, 9.17) is 0 Å². The lowest BCUT2D eigenvalue weighted by atomic mass is 10.1. The Morgan fingerprint density at radius 2 is 1.86 bits per heavy atom. The maximum absolute atomic E-state index is 11.9. The SMILES string of the molecule is CCNC(=NCCCn1ccc2ccccc21)NCCN1C(=O)CCCC1=O. The van der Waals surface area contributed by atoms with Crippen molar-refractivity contribution in [2.45, 2.75) is 39.2 Å². The Morgan fingerprint density at radius 1 is 1.07 bits per heavy atom. The second-order valence-corrected chi connectivity index (χ2v) is 6.90. The quantitative estimate of drug-likeness (QED) is 0.317. The second-order valence-electron chi connectivity index (χ2n) is 6.90. The molecule has 0 aliphatic carbocycles. The summed E-state index contributed by atoms with van der Waals surface area (Å²) in [7, 11) is 0. The largest absolute Gasteiger partial charge is 0.357 e. The van der Waals surface area contributed by atoms with Gasteiger partial charge in [-0.25, -0.2) is 0 Å². The summed E-state index contributed by atoms with van der Waals surface area (Å²) in [4.78, 5) is 29.7. The lowest BCUT2D eigenvalue weighted by Gasteiger charge is -2.25. The fraction of sp³-hybridized carbons (Fsp3) is 0.476. The number of aromatic nitrogens is 1. The molecule has 1 aromatic carbocycles. The van der Waals surface area contributed by atoms with E-state index in [2.05, 4.69) is 56.7 Å². The zero-order valence-electron chi connectivity index (χ0n) is 16.5. The van der Waals surface area contributed by atoms with Crippen molar-refractivity contribution in [3.8, 4) is 0 Å². The van der Waals surface area contributed by atoms with E-state index < -0.39 is 0 Å². The first-order valence-electron chi connectivity index (χ1n) is 10.1. The molecule has 28 heavy (non-hydrogen) atoms. The van der Waals surface area contributed by atoms with Gasteiger partial charge in [0.1, 0.15) is 0 Å². The number of aliphatic imine (C=N–C) groups is 1. The third-order valence-electron chi connectivity index (χ3n) is 4.86. The summed E-state index contributed by atoms with van der Waals surface area (Å²) < 4.78 is 2.25. The molecule has 1 aliphatic heterocycles. The van der Waals surface area contributed by atoms with Crippen molar-refractivity contribution < 1.29 is 9.59 Å². The summed E-state index contributed by atoms with van der Waals surface area (Å²) in [6, 6.07) is 10.5. The van der Waals surface area contributed by atoms with Gasteiger partial charge in [0.15, 0.2) is 5.96 Å². The molecule has 150 valence electrons. The van der Waals surface area contributed by atoms with Crippen LogP contribution in [0.3, 0.4) is 0 Å². The number of amides is 2. The predicted octanol–water partition coefficient (Wildman–Crippen LogP) is 2.13. The minimum absolute atomic E-state index is 0.0704. The average molecular weight is 383 g/mol. The van der Waals surface area contributed by atoms with Crippen molar-refractivity contribution in [1.82, 2.24) is 20.1 Å². The Morgan fingerprint density at radius 3 is 2.64 bits per heavy atom.